The van der Waals surface area contributed by atoms with Crippen LogP contribution in [0.15, 0.2) is 24.3 Å². The van der Waals surface area contributed by atoms with Gasteiger partial charge in [-0.05, 0) is 42.8 Å². The summed E-state index contributed by atoms with van der Waals surface area (Å²) in [5.41, 5.74) is 1.91. The van der Waals surface area contributed by atoms with Crippen LogP contribution in [0, 0.1) is 0 Å². The second kappa shape index (κ2) is 9.08. The highest BCUT2D eigenvalue weighted by Crippen LogP contribution is 2.26. The van der Waals surface area contributed by atoms with Crippen LogP contribution < -0.4 is 5.32 Å². The van der Waals surface area contributed by atoms with Gasteiger partial charge in [0.15, 0.2) is 0 Å². The van der Waals surface area contributed by atoms with E-state index in [0.717, 1.165) is 30.9 Å². The van der Waals surface area contributed by atoms with E-state index in [-0.39, 0.29) is 24.5 Å². The van der Waals surface area contributed by atoms with E-state index < -0.39 is 5.97 Å². The zero-order valence-electron chi connectivity index (χ0n) is 14.3. The molecule has 1 fully saturated rings. The van der Waals surface area contributed by atoms with Crippen LogP contribution in [-0.4, -0.2) is 52.8 Å². The van der Waals surface area contributed by atoms with Gasteiger partial charge in [0.25, 0.3) is 5.91 Å². The SMILES string of the molecule is CCSCc1ccc(C(=O)NC2CC(N(CC)CC(=O)O)C2)cc1. The van der Waals surface area contributed by atoms with E-state index in [1.807, 2.05) is 47.9 Å². The first-order valence-corrected chi connectivity index (χ1v) is 9.62. The molecule has 2 rings (SSSR count). The van der Waals surface area contributed by atoms with Crippen LogP contribution in [0.5, 0.6) is 0 Å². The standard InChI is InChI=1S/C18H26N2O3S/c1-3-20(11-17(21)22)16-9-15(10-16)19-18(23)14-7-5-13(6-8-14)12-24-4-2/h5-8,15-16H,3-4,9-12H2,1-2H3,(H,19,23)(H,21,22). The molecule has 0 spiro atoms. The minimum Gasteiger partial charge on any atom is -0.480 e. The number of carbonyl (C=O) groups is 2. The molecule has 1 aromatic carbocycles. The number of carboxylic acids is 1. The van der Waals surface area contributed by atoms with Gasteiger partial charge in [-0.15, -0.1) is 0 Å². The van der Waals surface area contributed by atoms with Gasteiger partial charge in [-0.1, -0.05) is 26.0 Å². The number of rotatable bonds is 9. The summed E-state index contributed by atoms with van der Waals surface area (Å²) in [6.07, 6.45) is 1.64. The van der Waals surface area contributed by atoms with E-state index in [2.05, 4.69) is 12.2 Å². The Morgan fingerprint density at radius 2 is 1.92 bits per heavy atom. The molecule has 132 valence electrons. The Labute approximate surface area is 147 Å². The largest absolute Gasteiger partial charge is 0.480 e. The minimum absolute atomic E-state index is 0.0468. The summed E-state index contributed by atoms with van der Waals surface area (Å²) in [5.74, 6) is 1.21. The molecule has 0 bridgehead atoms. The number of carboxylic acid groups (broad SMARTS) is 1. The Morgan fingerprint density at radius 1 is 1.25 bits per heavy atom. The fourth-order valence-corrected chi connectivity index (χ4v) is 3.55. The monoisotopic (exact) mass is 350 g/mol. The second-order valence-corrected chi connectivity index (χ2v) is 7.36. The molecule has 1 saturated carbocycles. The van der Waals surface area contributed by atoms with Crippen LogP contribution in [0.4, 0.5) is 0 Å². The number of amides is 1. The predicted octanol–water partition coefficient (Wildman–Crippen LogP) is 2.61. The van der Waals surface area contributed by atoms with Gasteiger partial charge < -0.3 is 10.4 Å². The molecular formula is C18H26N2O3S. The van der Waals surface area contributed by atoms with Crippen molar-refractivity contribution in [2.75, 3.05) is 18.8 Å². The number of likely N-dealkylation sites (N-methyl/N-ethyl adjacent to an activating group) is 1. The topological polar surface area (TPSA) is 69.6 Å². The smallest absolute Gasteiger partial charge is 0.317 e. The Hall–Kier alpha value is -1.53. The molecule has 0 unspecified atom stereocenters. The highest BCUT2D eigenvalue weighted by molar-refractivity contribution is 7.98. The lowest BCUT2D eigenvalue weighted by molar-refractivity contribution is -0.139. The molecule has 0 heterocycles. The molecule has 24 heavy (non-hydrogen) atoms. The van der Waals surface area contributed by atoms with E-state index in [1.165, 1.54) is 5.56 Å². The maximum atomic E-state index is 12.3. The van der Waals surface area contributed by atoms with Gasteiger partial charge in [-0.2, -0.15) is 11.8 Å². The van der Waals surface area contributed by atoms with Gasteiger partial charge >= 0.3 is 5.97 Å². The molecule has 5 nitrogen and oxygen atoms in total. The van der Waals surface area contributed by atoms with Crippen molar-refractivity contribution in [3.63, 3.8) is 0 Å². The van der Waals surface area contributed by atoms with Gasteiger partial charge in [-0.3, -0.25) is 14.5 Å². The molecule has 1 aromatic rings. The molecule has 1 aliphatic rings. The van der Waals surface area contributed by atoms with Crippen molar-refractivity contribution in [1.29, 1.82) is 0 Å². The summed E-state index contributed by atoms with van der Waals surface area (Å²) in [6.45, 7) is 4.88. The van der Waals surface area contributed by atoms with Crippen LogP contribution in [0.2, 0.25) is 0 Å². The van der Waals surface area contributed by atoms with E-state index in [4.69, 9.17) is 5.11 Å². The van der Waals surface area contributed by atoms with Crippen molar-refractivity contribution in [1.82, 2.24) is 10.2 Å². The van der Waals surface area contributed by atoms with Crippen LogP contribution in [0.3, 0.4) is 0 Å². The van der Waals surface area contributed by atoms with Crippen LogP contribution in [0.1, 0.15) is 42.6 Å². The zero-order chi connectivity index (χ0) is 17.5. The molecule has 0 aliphatic heterocycles. The summed E-state index contributed by atoms with van der Waals surface area (Å²) in [5, 5.41) is 11.9. The Kier molecular flexibility index (Phi) is 7.12. The molecule has 1 amide bonds. The van der Waals surface area contributed by atoms with Crippen molar-refractivity contribution in [2.24, 2.45) is 0 Å². The number of thioether (sulfide) groups is 1. The predicted molar refractivity (Wildman–Crippen MR) is 97.4 cm³/mol. The Morgan fingerprint density at radius 3 is 2.46 bits per heavy atom. The van der Waals surface area contributed by atoms with Crippen molar-refractivity contribution < 1.29 is 14.7 Å². The molecule has 0 radical (unpaired) electrons. The normalized spacial score (nSPS) is 19.8. The summed E-state index contributed by atoms with van der Waals surface area (Å²) in [6, 6.07) is 8.16. The summed E-state index contributed by atoms with van der Waals surface area (Å²) >= 11 is 1.86. The van der Waals surface area contributed by atoms with Gasteiger partial charge in [0.1, 0.15) is 0 Å². The highest BCUT2D eigenvalue weighted by atomic mass is 32.2. The van der Waals surface area contributed by atoms with Gasteiger partial charge in [0.2, 0.25) is 0 Å². The molecule has 2 N–H and O–H groups in total. The summed E-state index contributed by atoms with van der Waals surface area (Å²) in [7, 11) is 0. The van der Waals surface area contributed by atoms with Crippen molar-refractivity contribution in [2.45, 2.75) is 44.5 Å². The lowest BCUT2D eigenvalue weighted by atomic mass is 9.85. The molecular weight excluding hydrogens is 324 g/mol. The molecule has 6 heteroatoms. The van der Waals surface area contributed by atoms with Crippen LogP contribution >= 0.6 is 11.8 Å². The van der Waals surface area contributed by atoms with E-state index in [1.54, 1.807) is 0 Å². The van der Waals surface area contributed by atoms with Crippen molar-refractivity contribution in [3.8, 4) is 0 Å². The quantitative estimate of drug-likeness (QED) is 0.716. The molecule has 0 saturated heterocycles. The number of carbonyl (C=O) groups excluding carboxylic acids is 1. The number of nitrogens with one attached hydrogen (secondary N) is 1. The third kappa shape index (κ3) is 5.24. The third-order valence-corrected chi connectivity index (χ3v) is 5.34. The van der Waals surface area contributed by atoms with E-state index in [0.29, 0.717) is 5.56 Å². The molecule has 1 aliphatic carbocycles. The number of aliphatic carboxylic acids is 1. The van der Waals surface area contributed by atoms with Crippen molar-refractivity contribution in [3.05, 3.63) is 35.4 Å². The van der Waals surface area contributed by atoms with Gasteiger partial charge in [-0.25, -0.2) is 0 Å². The Bertz CT molecular complexity index is 556. The maximum Gasteiger partial charge on any atom is 0.317 e. The fraction of sp³-hybridized carbons (Fsp3) is 0.556. The first-order chi connectivity index (χ1) is 11.5. The summed E-state index contributed by atoms with van der Waals surface area (Å²) in [4.78, 5) is 25.1. The van der Waals surface area contributed by atoms with Crippen LogP contribution in [-0.2, 0) is 10.5 Å². The lowest BCUT2D eigenvalue weighted by Gasteiger charge is -2.42. The van der Waals surface area contributed by atoms with Crippen LogP contribution in [0.25, 0.3) is 0 Å². The van der Waals surface area contributed by atoms with Gasteiger partial charge in [0.05, 0.1) is 6.54 Å². The van der Waals surface area contributed by atoms with Crippen molar-refractivity contribution >= 4 is 23.6 Å². The maximum absolute atomic E-state index is 12.3. The average molecular weight is 350 g/mol. The number of nitrogens with zero attached hydrogens (tertiary/aromatic N) is 1. The van der Waals surface area contributed by atoms with E-state index >= 15 is 0 Å². The zero-order valence-corrected chi connectivity index (χ0v) is 15.1. The molecule has 0 aromatic heterocycles. The second-order valence-electron chi connectivity index (χ2n) is 6.09. The average Bonchev–Trinajstić information content (AvgIpc) is 2.54. The third-order valence-electron chi connectivity index (χ3n) is 4.40. The number of benzene rings is 1. The Balaban J connectivity index is 1.78. The minimum atomic E-state index is -0.800. The van der Waals surface area contributed by atoms with E-state index in [9.17, 15) is 9.59 Å². The fourth-order valence-electron chi connectivity index (χ4n) is 2.92. The lowest BCUT2D eigenvalue weighted by Crippen LogP contribution is -2.54. The number of hydrogen-bond donors (Lipinski definition) is 2. The van der Waals surface area contributed by atoms with Gasteiger partial charge in [0, 0.05) is 23.4 Å². The first kappa shape index (κ1) is 18.8. The number of hydrogen-bond acceptors (Lipinski definition) is 4. The highest BCUT2D eigenvalue weighted by Gasteiger charge is 2.34. The first-order valence-electron chi connectivity index (χ1n) is 8.46. The summed E-state index contributed by atoms with van der Waals surface area (Å²) < 4.78 is 0. The molecule has 0 atom stereocenters.